The number of likely N-dealkylation sites (tertiary alicyclic amines) is 1. The van der Waals surface area contributed by atoms with Gasteiger partial charge < -0.3 is 0 Å². The third-order valence-corrected chi connectivity index (χ3v) is 5.42. The van der Waals surface area contributed by atoms with Gasteiger partial charge in [0.15, 0.2) is 0 Å². The molecule has 1 aromatic carbocycles. The van der Waals surface area contributed by atoms with Crippen molar-refractivity contribution in [3.63, 3.8) is 0 Å². The van der Waals surface area contributed by atoms with Crippen molar-refractivity contribution in [2.45, 2.75) is 38.6 Å². The molecule has 3 heteroatoms. The van der Waals surface area contributed by atoms with Gasteiger partial charge in [-0.2, -0.15) is 0 Å². The summed E-state index contributed by atoms with van der Waals surface area (Å²) in [4.78, 5) is 7.46. The second-order valence-electron chi connectivity index (χ2n) is 6.55. The van der Waals surface area contributed by atoms with E-state index in [0.29, 0.717) is 6.04 Å². The van der Waals surface area contributed by atoms with Gasteiger partial charge in [0.1, 0.15) is 0 Å². The number of pyridine rings is 1. The summed E-state index contributed by atoms with van der Waals surface area (Å²) in [5.41, 5.74) is 7.01. The molecule has 2 heterocycles. The lowest BCUT2D eigenvalue weighted by Gasteiger charge is -2.29. The van der Waals surface area contributed by atoms with E-state index in [0.717, 1.165) is 17.3 Å². The number of halogens is 1. The third-order valence-electron chi connectivity index (χ3n) is 4.99. The minimum absolute atomic E-state index is 0.337. The Kier molecular flexibility index (Phi) is 3.79. The van der Waals surface area contributed by atoms with Crippen LogP contribution < -0.4 is 0 Å². The maximum Gasteiger partial charge on any atom is 0.0781 e. The minimum Gasteiger partial charge on any atom is -0.291 e. The highest BCUT2D eigenvalue weighted by atomic mass is 79.9. The highest BCUT2D eigenvalue weighted by molar-refractivity contribution is 9.10. The summed E-state index contributed by atoms with van der Waals surface area (Å²) in [6.07, 6.45) is 6.78. The Morgan fingerprint density at radius 1 is 1.09 bits per heavy atom. The molecular formula is C19H21BrN2. The predicted molar refractivity (Wildman–Crippen MR) is 93.2 cm³/mol. The molecule has 2 nitrogen and oxygen atoms in total. The number of benzene rings is 1. The van der Waals surface area contributed by atoms with Crippen molar-refractivity contribution < 1.29 is 0 Å². The molecule has 0 spiro atoms. The SMILES string of the molecule is Cc1ccc2c(c1)CCc1cc(Br)cnc1C2N1CCCC1. The van der Waals surface area contributed by atoms with Crippen molar-refractivity contribution in [2.75, 3.05) is 13.1 Å². The van der Waals surface area contributed by atoms with Gasteiger partial charge in [-0.05, 0) is 84.4 Å². The average Bonchev–Trinajstić information content (AvgIpc) is 2.98. The van der Waals surface area contributed by atoms with E-state index in [1.165, 1.54) is 53.9 Å². The summed E-state index contributed by atoms with van der Waals surface area (Å²) >= 11 is 3.59. The van der Waals surface area contributed by atoms with Gasteiger partial charge in [-0.25, -0.2) is 0 Å². The summed E-state index contributed by atoms with van der Waals surface area (Å²) in [5, 5.41) is 0. The quantitative estimate of drug-likeness (QED) is 0.750. The van der Waals surface area contributed by atoms with Gasteiger partial charge in [-0.3, -0.25) is 9.88 Å². The Morgan fingerprint density at radius 3 is 2.68 bits per heavy atom. The number of hydrogen-bond donors (Lipinski definition) is 0. The lowest BCUT2D eigenvalue weighted by atomic mass is 9.95. The lowest BCUT2D eigenvalue weighted by molar-refractivity contribution is 0.276. The molecule has 1 saturated heterocycles. The van der Waals surface area contributed by atoms with Crippen LogP contribution in [-0.4, -0.2) is 23.0 Å². The lowest BCUT2D eigenvalue weighted by Crippen LogP contribution is -2.28. The molecule has 1 atom stereocenters. The largest absolute Gasteiger partial charge is 0.291 e. The average molecular weight is 357 g/mol. The number of aromatic nitrogens is 1. The summed E-state index contributed by atoms with van der Waals surface area (Å²) in [7, 11) is 0. The highest BCUT2D eigenvalue weighted by Gasteiger charge is 2.31. The molecule has 114 valence electrons. The highest BCUT2D eigenvalue weighted by Crippen LogP contribution is 2.38. The number of fused-ring (bicyclic) bond motifs is 2. The second kappa shape index (κ2) is 5.78. The molecule has 0 N–H and O–H groups in total. The first kappa shape index (κ1) is 14.4. The molecule has 2 aromatic rings. The Hall–Kier alpha value is -1.19. The summed E-state index contributed by atoms with van der Waals surface area (Å²) in [6, 6.07) is 9.57. The van der Waals surface area contributed by atoms with Crippen LogP contribution in [-0.2, 0) is 12.8 Å². The first-order chi connectivity index (χ1) is 10.7. The maximum atomic E-state index is 4.84. The fraction of sp³-hybridized carbons (Fsp3) is 0.421. The van der Waals surface area contributed by atoms with E-state index in [9.17, 15) is 0 Å². The molecule has 1 aliphatic heterocycles. The molecule has 22 heavy (non-hydrogen) atoms. The van der Waals surface area contributed by atoms with Gasteiger partial charge in [0.05, 0.1) is 11.7 Å². The Balaban J connectivity index is 1.89. The normalized spacial score (nSPS) is 21.3. The van der Waals surface area contributed by atoms with Crippen LogP contribution in [0.5, 0.6) is 0 Å². The van der Waals surface area contributed by atoms with Gasteiger partial charge in [-0.15, -0.1) is 0 Å². The smallest absolute Gasteiger partial charge is 0.0781 e. The topological polar surface area (TPSA) is 16.1 Å². The Labute approximate surface area is 140 Å². The molecule has 4 rings (SSSR count). The fourth-order valence-electron chi connectivity index (χ4n) is 3.94. The van der Waals surface area contributed by atoms with Crippen LogP contribution in [0.15, 0.2) is 34.9 Å². The van der Waals surface area contributed by atoms with E-state index in [4.69, 9.17) is 4.98 Å². The van der Waals surface area contributed by atoms with E-state index in [2.05, 4.69) is 52.0 Å². The zero-order valence-electron chi connectivity index (χ0n) is 13.0. The van der Waals surface area contributed by atoms with Gasteiger partial charge >= 0.3 is 0 Å². The number of aryl methyl sites for hydroxylation is 3. The van der Waals surface area contributed by atoms with E-state index in [-0.39, 0.29) is 0 Å². The van der Waals surface area contributed by atoms with Crippen LogP contribution >= 0.6 is 15.9 Å². The standard InChI is InChI=1S/C19H21BrN2/c1-13-4-7-17-14(10-13)5-6-15-11-16(20)12-21-18(15)19(17)22-8-2-3-9-22/h4,7,10-12,19H,2-3,5-6,8-9H2,1H3. The summed E-state index contributed by atoms with van der Waals surface area (Å²) in [5.74, 6) is 0. The van der Waals surface area contributed by atoms with Crippen molar-refractivity contribution in [3.8, 4) is 0 Å². The van der Waals surface area contributed by atoms with Crippen LogP contribution in [0.3, 0.4) is 0 Å². The summed E-state index contributed by atoms with van der Waals surface area (Å²) in [6.45, 7) is 4.57. The van der Waals surface area contributed by atoms with Crippen molar-refractivity contribution in [1.29, 1.82) is 0 Å². The van der Waals surface area contributed by atoms with Crippen LogP contribution in [0, 0.1) is 6.92 Å². The molecule has 1 unspecified atom stereocenters. The van der Waals surface area contributed by atoms with Crippen molar-refractivity contribution in [2.24, 2.45) is 0 Å². The monoisotopic (exact) mass is 356 g/mol. The fourth-order valence-corrected chi connectivity index (χ4v) is 4.32. The van der Waals surface area contributed by atoms with Gasteiger partial charge in [0, 0.05) is 10.7 Å². The molecular weight excluding hydrogens is 336 g/mol. The van der Waals surface area contributed by atoms with E-state index in [1.807, 2.05) is 6.20 Å². The first-order valence-corrected chi connectivity index (χ1v) is 8.99. The molecule has 0 saturated carbocycles. The van der Waals surface area contributed by atoms with Gasteiger partial charge in [-0.1, -0.05) is 23.8 Å². The molecule has 0 bridgehead atoms. The van der Waals surface area contributed by atoms with Crippen molar-refractivity contribution in [3.05, 3.63) is 62.9 Å². The van der Waals surface area contributed by atoms with E-state index in [1.54, 1.807) is 0 Å². The van der Waals surface area contributed by atoms with Crippen molar-refractivity contribution >= 4 is 15.9 Å². The molecule has 1 fully saturated rings. The molecule has 0 amide bonds. The van der Waals surface area contributed by atoms with Gasteiger partial charge in [0.25, 0.3) is 0 Å². The number of nitrogens with zero attached hydrogens (tertiary/aromatic N) is 2. The van der Waals surface area contributed by atoms with Crippen LogP contribution in [0.4, 0.5) is 0 Å². The predicted octanol–water partition coefficient (Wildman–Crippen LogP) is 4.44. The Morgan fingerprint density at radius 2 is 1.86 bits per heavy atom. The molecule has 2 aliphatic rings. The number of hydrogen-bond acceptors (Lipinski definition) is 2. The zero-order valence-corrected chi connectivity index (χ0v) is 14.6. The molecule has 1 aliphatic carbocycles. The minimum atomic E-state index is 0.337. The molecule has 0 radical (unpaired) electrons. The van der Waals surface area contributed by atoms with E-state index < -0.39 is 0 Å². The maximum absolute atomic E-state index is 4.84. The van der Waals surface area contributed by atoms with Crippen LogP contribution in [0.25, 0.3) is 0 Å². The Bertz CT molecular complexity index is 651. The van der Waals surface area contributed by atoms with Crippen molar-refractivity contribution in [1.82, 2.24) is 9.88 Å². The molecule has 1 aromatic heterocycles. The van der Waals surface area contributed by atoms with E-state index >= 15 is 0 Å². The van der Waals surface area contributed by atoms with Crippen LogP contribution in [0.2, 0.25) is 0 Å². The van der Waals surface area contributed by atoms with Gasteiger partial charge in [0.2, 0.25) is 0 Å². The first-order valence-electron chi connectivity index (χ1n) is 8.20. The van der Waals surface area contributed by atoms with Crippen LogP contribution in [0.1, 0.15) is 46.8 Å². The summed E-state index contributed by atoms with van der Waals surface area (Å²) < 4.78 is 1.09. The third kappa shape index (κ3) is 2.50. The zero-order chi connectivity index (χ0) is 15.1. The second-order valence-corrected chi connectivity index (χ2v) is 7.46. The number of rotatable bonds is 1.